The van der Waals surface area contributed by atoms with E-state index in [0.29, 0.717) is 6.04 Å². The van der Waals surface area contributed by atoms with E-state index in [2.05, 4.69) is 50.2 Å². The number of aromatic nitrogens is 2. The molecule has 2 atom stereocenters. The van der Waals surface area contributed by atoms with Gasteiger partial charge in [-0.1, -0.05) is 34.1 Å². The molecule has 0 aliphatic heterocycles. The van der Waals surface area contributed by atoms with Crippen molar-refractivity contribution < 1.29 is 0 Å². The highest BCUT2D eigenvalue weighted by molar-refractivity contribution is 5.57. The zero-order valence-electron chi connectivity index (χ0n) is 13.7. The van der Waals surface area contributed by atoms with E-state index in [1.54, 1.807) is 0 Å². The quantitative estimate of drug-likeness (QED) is 0.883. The van der Waals surface area contributed by atoms with Crippen LogP contribution in [0.5, 0.6) is 0 Å². The lowest BCUT2D eigenvalue weighted by molar-refractivity contribution is 0.537. The van der Waals surface area contributed by atoms with Gasteiger partial charge in [-0.3, -0.25) is 0 Å². The molecule has 0 spiro atoms. The third-order valence-corrected chi connectivity index (χ3v) is 4.24. The summed E-state index contributed by atoms with van der Waals surface area (Å²) in [6.45, 7) is 10.9. The molecule has 4 heteroatoms. The van der Waals surface area contributed by atoms with Crippen molar-refractivity contribution in [2.24, 2.45) is 5.92 Å². The van der Waals surface area contributed by atoms with E-state index in [9.17, 15) is 0 Å². The number of anilines is 2. The van der Waals surface area contributed by atoms with Crippen molar-refractivity contribution in [1.82, 2.24) is 9.97 Å². The van der Waals surface area contributed by atoms with Crippen molar-refractivity contribution in [1.29, 1.82) is 0 Å². The van der Waals surface area contributed by atoms with Crippen LogP contribution in [0, 0.1) is 12.8 Å². The molecule has 1 aromatic rings. The van der Waals surface area contributed by atoms with Crippen LogP contribution in [0.25, 0.3) is 0 Å². The molecule has 20 heavy (non-hydrogen) atoms. The average molecular weight is 276 g/mol. The number of nitrogens with zero attached hydrogens (tertiary/aromatic N) is 2. The van der Waals surface area contributed by atoms with Crippen LogP contribution in [0.1, 0.15) is 58.3 Å². The first-order valence-electron chi connectivity index (χ1n) is 7.66. The molecule has 2 rings (SSSR count). The fourth-order valence-corrected chi connectivity index (χ4v) is 2.77. The maximum atomic E-state index is 4.79. The summed E-state index contributed by atoms with van der Waals surface area (Å²) in [5.74, 6) is 3.53. The van der Waals surface area contributed by atoms with E-state index in [1.165, 1.54) is 19.3 Å². The second-order valence-electron chi connectivity index (χ2n) is 7.03. The van der Waals surface area contributed by atoms with Crippen LogP contribution in [0.3, 0.4) is 0 Å². The summed E-state index contributed by atoms with van der Waals surface area (Å²) in [4.78, 5) is 9.44. The van der Waals surface area contributed by atoms with Crippen LogP contribution < -0.4 is 10.6 Å². The fourth-order valence-electron chi connectivity index (χ4n) is 2.77. The van der Waals surface area contributed by atoms with Gasteiger partial charge in [0.25, 0.3) is 0 Å². The SMILES string of the molecule is CNc1nc(C(C)(C)C)nc(NC2CCCC2C)c1C. The summed E-state index contributed by atoms with van der Waals surface area (Å²) >= 11 is 0. The minimum Gasteiger partial charge on any atom is -0.373 e. The first-order chi connectivity index (χ1) is 9.32. The van der Waals surface area contributed by atoms with Gasteiger partial charge in [-0.05, 0) is 25.7 Å². The summed E-state index contributed by atoms with van der Waals surface area (Å²) in [7, 11) is 1.92. The third kappa shape index (κ3) is 3.05. The Balaban J connectivity index is 2.35. The van der Waals surface area contributed by atoms with Crippen molar-refractivity contribution in [3.8, 4) is 0 Å². The predicted octanol–water partition coefficient (Wildman–Crippen LogP) is 3.72. The summed E-state index contributed by atoms with van der Waals surface area (Å²) in [5, 5.41) is 6.85. The van der Waals surface area contributed by atoms with Crippen LogP contribution in [-0.2, 0) is 5.41 Å². The summed E-state index contributed by atoms with van der Waals surface area (Å²) < 4.78 is 0. The van der Waals surface area contributed by atoms with E-state index in [4.69, 9.17) is 4.98 Å². The summed E-state index contributed by atoms with van der Waals surface area (Å²) in [6, 6.07) is 0.543. The number of rotatable bonds is 3. The topological polar surface area (TPSA) is 49.8 Å². The Hall–Kier alpha value is -1.32. The second-order valence-corrected chi connectivity index (χ2v) is 7.03. The Morgan fingerprint density at radius 3 is 2.25 bits per heavy atom. The van der Waals surface area contributed by atoms with Crippen LogP contribution in [0.4, 0.5) is 11.6 Å². The van der Waals surface area contributed by atoms with Gasteiger partial charge < -0.3 is 10.6 Å². The summed E-state index contributed by atoms with van der Waals surface area (Å²) in [6.07, 6.45) is 3.87. The van der Waals surface area contributed by atoms with Crippen LogP contribution in [0.15, 0.2) is 0 Å². The van der Waals surface area contributed by atoms with Crippen molar-refractivity contribution in [2.75, 3.05) is 17.7 Å². The molecule has 4 nitrogen and oxygen atoms in total. The first-order valence-corrected chi connectivity index (χ1v) is 7.66. The minimum atomic E-state index is -0.0446. The van der Waals surface area contributed by atoms with E-state index in [-0.39, 0.29) is 5.41 Å². The van der Waals surface area contributed by atoms with Gasteiger partial charge >= 0.3 is 0 Å². The number of hydrogen-bond acceptors (Lipinski definition) is 4. The Morgan fingerprint density at radius 1 is 1.10 bits per heavy atom. The minimum absolute atomic E-state index is 0.0446. The maximum Gasteiger partial charge on any atom is 0.138 e. The van der Waals surface area contributed by atoms with E-state index >= 15 is 0 Å². The van der Waals surface area contributed by atoms with Crippen LogP contribution in [0.2, 0.25) is 0 Å². The monoisotopic (exact) mass is 276 g/mol. The highest BCUT2D eigenvalue weighted by Crippen LogP contribution is 2.31. The predicted molar refractivity (Wildman–Crippen MR) is 85.4 cm³/mol. The van der Waals surface area contributed by atoms with Gasteiger partial charge in [0.2, 0.25) is 0 Å². The van der Waals surface area contributed by atoms with Gasteiger partial charge in [0.15, 0.2) is 0 Å². The molecule has 0 aromatic carbocycles. The van der Waals surface area contributed by atoms with Crippen molar-refractivity contribution >= 4 is 11.6 Å². The molecule has 0 amide bonds. The molecule has 0 bridgehead atoms. The molecule has 112 valence electrons. The molecular weight excluding hydrogens is 248 g/mol. The van der Waals surface area contributed by atoms with Gasteiger partial charge in [0, 0.05) is 24.1 Å². The van der Waals surface area contributed by atoms with E-state index in [1.807, 2.05) is 7.05 Å². The smallest absolute Gasteiger partial charge is 0.138 e. The normalized spacial score (nSPS) is 22.9. The molecule has 2 N–H and O–H groups in total. The molecule has 1 heterocycles. The standard InChI is InChI=1S/C16H28N4/c1-10-8-7-9-12(10)18-14-11(2)13(17-6)19-15(20-14)16(3,4)5/h10,12H,7-9H2,1-6H3,(H2,17,18,19,20). The Morgan fingerprint density at radius 2 is 1.75 bits per heavy atom. The lowest BCUT2D eigenvalue weighted by Crippen LogP contribution is -2.25. The van der Waals surface area contributed by atoms with E-state index in [0.717, 1.165) is 28.9 Å². The fraction of sp³-hybridized carbons (Fsp3) is 0.750. The molecule has 0 radical (unpaired) electrons. The van der Waals surface area contributed by atoms with Crippen LogP contribution in [-0.4, -0.2) is 23.1 Å². The maximum absolute atomic E-state index is 4.79. The molecular formula is C16H28N4. The van der Waals surface area contributed by atoms with Crippen LogP contribution >= 0.6 is 0 Å². The average Bonchev–Trinajstić information content (AvgIpc) is 2.76. The Labute approximate surface area is 122 Å². The third-order valence-electron chi connectivity index (χ3n) is 4.24. The van der Waals surface area contributed by atoms with Gasteiger partial charge in [0.05, 0.1) is 0 Å². The van der Waals surface area contributed by atoms with Gasteiger partial charge in [0.1, 0.15) is 17.5 Å². The highest BCUT2D eigenvalue weighted by Gasteiger charge is 2.26. The molecule has 1 aromatic heterocycles. The van der Waals surface area contributed by atoms with Crippen molar-refractivity contribution in [3.05, 3.63) is 11.4 Å². The molecule has 1 saturated carbocycles. The van der Waals surface area contributed by atoms with Gasteiger partial charge in [-0.15, -0.1) is 0 Å². The molecule has 2 unspecified atom stereocenters. The molecule has 1 aliphatic carbocycles. The first kappa shape index (κ1) is 15.1. The Kier molecular flexibility index (Phi) is 4.21. The molecule has 1 aliphatic rings. The molecule has 0 saturated heterocycles. The second kappa shape index (κ2) is 5.58. The summed E-state index contributed by atoms with van der Waals surface area (Å²) in [5.41, 5.74) is 1.07. The largest absolute Gasteiger partial charge is 0.373 e. The van der Waals surface area contributed by atoms with Crippen molar-refractivity contribution in [2.45, 2.75) is 65.3 Å². The van der Waals surface area contributed by atoms with Gasteiger partial charge in [-0.25, -0.2) is 9.97 Å². The lowest BCUT2D eigenvalue weighted by atomic mass is 9.95. The zero-order chi connectivity index (χ0) is 14.9. The van der Waals surface area contributed by atoms with Crippen molar-refractivity contribution in [3.63, 3.8) is 0 Å². The van der Waals surface area contributed by atoms with E-state index < -0.39 is 0 Å². The highest BCUT2D eigenvalue weighted by atomic mass is 15.1. The zero-order valence-corrected chi connectivity index (χ0v) is 13.7. The number of hydrogen-bond donors (Lipinski definition) is 2. The number of nitrogens with one attached hydrogen (secondary N) is 2. The Bertz CT molecular complexity index is 476. The lowest BCUT2D eigenvalue weighted by Gasteiger charge is -2.24. The molecule has 1 fully saturated rings. The van der Waals surface area contributed by atoms with Gasteiger partial charge in [-0.2, -0.15) is 0 Å².